The summed E-state index contributed by atoms with van der Waals surface area (Å²) in [6, 6.07) is 9.70. The lowest BCUT2D eigenvalue weighted by atomic mass is 9.84. The van der Waals surface area contributed by atoms with Gasteiger partial charge in [-0.05, 0) is 18.4 Å². The van der Waals surface area contributed by atoms with Crippen molar-refractivity contribution >= 4 is 5.91 Å². The van der Waals surface area contributed by atoms with Crippen LogP contribution in [0, 0.1) is 0 Å². The SMILES string of the molecule is COCCCC(N)C(=O)NCC(C)(C)c1ccccc1. The third kappa shape index (κ3) is 5.31. The van der Waals surface area contributed by atoms with E-state index in [2.05, 4.69) is 31.3 Å². The van der Waals surface area contributed by atoms with Gasteiger partial charge in [0, 0.05) is 25.7 Å². The van der Waals surface area contributed by atoms with Crippen molar-refractivity contribution in [3.63, 3.8) is 0 Å². The van der Waals surface area contributed by atoms with E-state index in [-0.39, 0.29) is 11.3 Å². The molecule has 1 aromatic rings. The van der Waals surface area contributed by atoms with Gasteiger partial charge in [0.05, 0.1) is 6.04 Å². The highest BCUT2D eigenvalue weighted by Crippen LogP contribution is 2.21. The fourth-order valence-electron chi connectivity index (χ4n) is 2.01. The predicted octanol–water partition coefficient (Wildman–Crippen LogP) is 1.83. The van der Waals surface area contributed by atoms with Gasteiger partial charge in [0.2, 0.25) is 5.91 Å². The second-order valence-corrected chi connectivity index (χ2v) is 5.71. The Morgan fingerprint density at radius 1 is 1.35 bits per heavy atom. The second kappa shape index (κ2) is 8.02. The number of carbonyl (C=O) groups is 1. The standard InChI is InChI=1S/C16H26N2O2/c1-16(2,13-8-5-4-6-9-13)12-18-15(19)14(17)10-7-11-20-3/h4-6,8-9,14H,7,10-12,17H2,1-3H3,(H,18,19). The molecule has 3 N–H and O–H groups in total. The second-order valence-electron chi connectivity index (χ2n) is 5.71. The topological polar surface area (TPSA) is 64.3 Å². The maximum Gasteiger partial charge on any atom is 0.236 e. The molecule has 1 atom stereocenters. The van der Waals surface area contributed by atoms with Crippen LogP contribution in [0.1, 0.15) is 32.3 Å². The van der Waals surface area contributed by atoms with Crippen LogP contribution in [-0.2, 0) is 14.9 Å². The average Bonchev–Trinajstić information content (AvgIpc) is 2.46. The zero-order valence-electron chi connectivity index (χ0n) is 12.7. The molecule has 1 amide bonds. The molecular weight excluding hydrogens is 252 g/mol. The number of nitrogens with one attached hydrogen (secondary N) is 1. The Labute approximate surface area is 121 Å². The molecule has 1 rings (SSSR count). The highest BCUT2D eigenvalue weighted by Gasteiger charge is 2.22. The van der Waals surface area contributed by atoms with E-state index in [9.17, 15) is 4.79 Å². The molecule has 112 valence electrons. The zero-order valence-corrected chi connectivity index (χ0v) is 12.7. The van der Waals surface area contributed by atoms with Gasteiger partial charge in [0.15, 0.2) is 0 Å². The van der Waals surface area contributed by atoms with Crippen LogP contribution in [-0.4, -0.2) is 32.2 Å². The summed E-state index contributed by atoms with van der Waals surface area (Å²) in [5, 5.41) is 2.94. The van der Waals surface area contributed by atoms with Gasteiger partial charge in [-0.15, -0.1) is 0 Å². The lowest BCUT2D eigenvalue weighted by molar-refractivity contribution is -0.122. The molecule has 0 saturated heterocycles. The van der Waals surface area contributed by atoms with E-state index in [0.717, 1.165) is 6.42 Å². The number of methoxy groups -OCH3 is 1. The van der Waals surface area contributed by atoms with Crippen LogP contribution >= 0.6 is 0 Å². The number of benzene rings is 1. The Balaban J connectivity index is 2.43. The number of amides is 1. The van der Waals surface area contributed by atoms with Gasteiger partial charge in [-0.2, -0.15) is 0 Å². The minimum absolute atomic E-state index is 0.0925. The summed E-state index contributed by atoms with van der Waals surface area (Å²) in [4.78, 5) is 11.9. The Hall–Kier alpha value is -1.39. The van der Waals surface area contributed by atoms with Gasteiger partial charge in [-0.25, -0.2) is 0 Å². The van der Waals surface area contributed by atoms with Crippen molar-refractivity contribution in [2.75, 3.05) is 20.3 Å². The molecule has 4 nitrogen and oxygen atoms in total. The van der Waals surface area contributed by atoms with Crippen molar-refractivity contribution in [1.29, 1.82) is 0 Å². The summed E-state index contributed by atoms with van der Waals surface area (Å²) in [5.74, 6) is -0.0925. The van der Waals surface area contributed by atoms with Crippen LogP contribution in [0.5, 0.6) is 0 Å². The summed E-state index contributed by atoms with van der Waals surface area (Å²) in [6.45, 7) is 5.43. The van der Waals surface area contributed by atoms with E-state index in [1.807, 2.05) is 18.2 Å². The molecule has 0 radical (unpaired) electrons. The quantitative estimate of drug-likeness (QED) is 0.713. The van der Waals surface area contributed by atoms with Gasteiger partial charge >= 0.3 is 0 Å². The molecule has 0 aromatic heterocycles. The van der Waals surface area contributed by atoms with E-state index in [1.54, 1.807) is 7.11 Å². The first-order valence-corrected chi connectivity index (χ1v) is 7.05. The first-order chi connectivity index (χ1) is 9.47. The van der Waals surface area contributed by atoms with Crippen LogP contribution in [0.4, 0.5) is 0 Å². The number of ether oxygens (including phenoxy) is 1. The van der Waals surface area contributed by atoms with Gasteiger partial charge in [-0.3, -0.25) is 4.79 Å². The fraction of sp³-hybridized carbons (Fsp3) is 0.562. The van der Waals surface area contributed by atoms with E-state index < -0.39 is 6.04 Å². The summed E-state index contributed by atoms with van der Waals surface area (Å²) in [5.41, 5.74) is 6.95. The van der Waals surface area contributed by atoms with Crippen molar-refractivity contribution in [3.8, 4) is 0 Å². The first-order valence-electron chi connectivity index (χ1n) is 7.05. The minimum atomic E-state index is -0.461. The summed E-state index contributed by atoms with van der Waals surface area (Å²) >= 11 is 0. The highest BCUT2D eigenvalue weighted by atomic mass is 16.5. The Bertz CT molecular complexity index is 404. The lowest BCUT2D eigenvalue weighted by Gasteiger charge is -2.26. The van der Waals surface area contributed by atoms with Crippen molar-refractivity contribution in [3.05, 3.63) is 35.9 Å². The molecule has 0 aliphatic heterocycles. The van der Waals surface area contributed by atoms with Gasteiger partial charge in [0.25, 0.3) is 0 Å². The molecule has 0 fully saturated rings. The molecule has 1 aromatic carbocycles. The number of hydrogen-bond donors (Lipinski definition) is 2. The molecule has 0 spiro atoms. The molecule has 4 heteroatoms. The predicted molar refractivity (Wildman–Crippen MR) is 81.6 cm³/mol. The smallest absolute Gasteiger partial charge is 0.236 e. The molecule has 0 aliphatic carbocycles. The van der Waals surface area contributed by atoms with E-state index in [4.69, 9.17) is 10.5 Å². The first kappa shape index (κ1) is 16.7. The zero-order chi connectivity index (χ0) is 15.0. The van der Waals surface area contributed by atoms with Crippen LogP contribution < -0.4 is 11.1 Å². The Morgan fingerprint density at radius 3 is 2.60 bits per heavy atom. The van der Waals surface area contributed by atoms with Crippen molar-refractivity contribution in [2.45, 2.75) is 38.1 Å². The molecular formula is C16H26N2O2. The van der Waals surface area contributed by atoms with Gasteiger partial charge in [0.1, 0.15) is 0 Å². The molecule has 0 saturated carbocycles. The normalized spacial score (nSPS) is 13.0. The summed E-state index contributed by atoms with van der Waals surface area (Å²) in [6.07, 6.45) is 1.44. The van der Waals surface area contributed by atoms with E-state index >= 15 is 0 Å². The highest BCUT2D eigenvalue weighted by molar-refractivity contribution is 5.81. The van der Waals surface area contributed by atoms with Crippen molar-refractivity contribution < 1.29 is 9.53 Å². The Morgan fingerprint density at radius 2 is 2.00 bits per heavy atom. The molecule has 0 aliphatic rings. The van der Waals surface area contributed by atoms with Crippen LogP contribution in [0.2, 0.25) is 0 Å². The van der Waals surface area contributed by atoms with Crippen molar-refractivity contribution in [2.24, 2.45) is 5.73 Å². The molecule has 1 unspecified atom stereocenters. The summed E-state index contributed by atoms with van der Waals surface area (Å²) in [7, 11) is 1.65. The molecule has 0 heterocycles. The fourth-order valence-corrected chi connectivity index (χ4v) is 2.01. The van der Waals surface area contributed by atoms with Crippen LogP contribution in [0.25, 0.3) is 0 Å². The Kier molecular flexibility index (Phi) is 6.68. The lowest BCUT2D eigenvalue weighted by Crippen LogP contribution is -2.45. The number of carbonyl (C=O) groups excluding carboxylic acids is 1. The number of nitrogens with two attached hydrogens (primary N) is 1. The minimum Gasteiger partial charge on any atom is -0.385 e. The average molecular weight is 278 g/mol. The van der Waals surface area contributed by atoms with E-state index in [0.29, 0.717) is 19.6 Å². The van der Waals surface area contributed by atoms with Crippen molar-refractivity contribution in [1.82, 2.24) is 5.32 Å². The van der Waals surface area contributed by atoms with Crippen LogP contribution in [0.15, 0.2) is 30.3 Å². The third-order valence-electron chi connectivity index (χ3n) is 3.46. The molecule has 0 bridgehead atoms. The van der Waals surface area contributed by atoms with Gasteiger partial charge < -0.3 is 15.8 Å². The largest absolute Gasteiger partial charge is 0.385 e. The summed E-state index contributed by atoms with van der Waals surface area (Å²) < 4.78 is 4.96. The molecule has 20 heavy (non-hydrogen) atoms. The third-order valence-corrected chi connectivity index (χ3v) is 3.46. The number of rotatable bonds is 8. The van der Waals surface area contributed by atoms with Gasteiger partial charge in [-0.1, -0.05) is 44.2 Å². The van der Waals surface area contributed by atoms with E-state index in [1.165, 1.54) is 5.56 Å². The van der Waals surface area contributed by atoms with Crippen LogP contribution in [0.3, 0.4) is 0 Å². The monoisotopic (exact) mass is 278 g/mol. The maximum atomic E-state index is 11.9. The maximum absolute atomic E-state index is 11.9. The number of hydrogen-bond acceptors (Lipinski definition) is 3.